The van der Waals surface area contributed by atoms with Crippen LogP contribution >= 0.6 is 0 Å². The molecule has 0 N–H and O–H groups in total. The van der Waals surface area contributed by atoms with E-state index < -0.39 is 0 Å². The van der Waals surface area contributed by atoms with Gasteiger partial charge in [-0.3, -0.25) is 0 Å². The first-order chi connectivity index (χ1) is 12.5. The van der Waals surface area contributed by atoms with E-state index in [2.05, 4.69) is 39.8 Å². The molecule has 0 aliphatic heterocycles. The lowest BCUT2D eigenvalue weighted by Gasteiger charge is -2.43. The molecule has 1 heteroatoms. The molecule has 0 aromatic heterocycles. The second-order valence-electron chi connectivity index (χ2n) is 9.85. The van der Waals surface area contributed by atoms with Crippen LogP contribution < -0.4 is 0 Å². The Kier molecular flexibility index (Phi) is 6.46. The van der Waals surface area contributed by atoms with Gasteiger partial charge in [0.2, 0.25) is 0 Å². The van der Waals surface area contributed by atoms with E-state index in [9.17, 15) is 4.79 Å². The molecule has 0 heterocycles. The highest BCUT2D eigenvalue weighted by Crippen LogP contribution is 2.59. The number of allylic oxidation sites excluding steroid dienone is 4. The summed E-state index contributed by atoms with van der Waals surface area (Å²) in [7, 11) is 0. The summed E-state index contributed by atoms with van der Waals surface area (Å²) in [6.07, 6.45) is 19.4. The van der Waals surface area contributed by atoms with Crippen LogP contribution in [0.2, 0.25) is 0 Å². The molecule has 6 unspecified atom stereocenters. The van der Waals surface area contributed by atoms with Crippen LogP contribution in [0.15, 0.2) is 23.3 Å². The summed E-state index contributed by atoms with van der Waals surface area (Å²) in [6.45, 7) is 9.34. The first-order valence-corrected chi connectivity index (χ1v) is 11.4. The summed E-state index contributed by atoms with van der Waals surface area (Å²) in [5.41, 5.74) is 3.75. The minimum Gasteiger partial charge on any atom is -0.303 e. The highest BCUT2D eigenvalue weighted by molar-refractivity contribution is 5.54. The van der Waals surface area contributed by atoms with Gasteiger partial charge in [-0.2, -0.15) is 0 Å². The molecule has 3 fully saturated rings. The van der Waals surface area contributed by atoms with E-state index in [0.29, 0.717) is 17.3 Å². The maximum atomic E-state index is 11.4. The largest absolute Gasteiger partial charge is 0.303 e. The third-order valence-electron chi connectivity index (χ3n) is 8.34. The lowest BCUT2D eigenvalue weighted by atomic mass is 9.61. The number of hydrogen-bond acceptors (Lipinski definition) is 1. The van der Waals surface area contributed by atoms with Crippen LogP contribution in [0, 0.1) is 35.0 Å². The van der Waals surface area contributed by atoms with Crippen LogP contribution in [-0.4, -0.2) is 6.29 Å². The van der Waals surface area contributed by atoms with Crippen LogP contribution in [0.1, 0.15) is 91.9 Å². The van der Waals surface area contributed by atoms with E-state index >= 15 is 0 Å². The van der Waals surface area contributed by atoms with Gasteiger partial charge in [-0.15, -0.1) is 0 Å². The number of rotatable bonds is 5. The standard InChI is InChI=1S/C25H40O/c1-5-19-14-20(6-2)16-21(15-19)9-10-22-8-7-13-25(4)23(18(3)17-26)11-12-24(22)25/h9-10,17-20,23-24H,5-8,11-16H2,1-4H3. The van der Waals surface area contributed by atoms with Crippen molar-refractivity contribution in [2.24, 2.45) is 35.0 Å². The van der Waals surface area contributed by atoms with Crippen molar-refractivity contribution >= 4 is 6.29 Å². The Morgan fingerprint density at radius 2 is 1.81 bits per heavy atom. The topological polar surface area (TPSA) is 17.1 Å². The first-order valence-electron chi connectivity index (χ1n) is 11.4. The van der Waals surface area contributed by atoms with Gasteiger partial charge in [-0.25, -0.2) is 0 Å². The summed E-state index contributed by atoms with van der Waals surface area (Å²) < 4.78 is 0. The Hall–Kier alpha value is -0.850. The molecule has 3 rings (SSSR count). The molecule has 146 valence electrons. The maximum absolute atomic E-state index is 11.4. The van der Waals surface area contributed by atoms with E-state index in [1.54, 1.807) is 11.1 Å². The summed E-state index contributed by atoms with van der Waals surface area (Å²) in [5.74, 6) is 3.33. The van der Waals surface area contributed by atoms with Crippen molar-refractivity contribution in [1.82, 2.24) is 0 Å². The summed E-state index contributed by atoms with van der Waals surface area (Å²) in [6, 6.07) is 0. The van der Waals surface area contributed by atoms with Crippen molar-refractivity contribution in [3.63, 3.8) is 0 Å². The van der Waals surface area contributed by atoms with Gasteiger partial charge in [0, 0.05) is 5.92 Å². The third kappa shape index (κ3) is 3.87. The van der Waals surface area contributed by atoms with E-state index in [1.807, 2.05) is 0 Å². The molecule has 0 spiro atoms. The Labute approximate surface area is 161 Å². The van der Waals surface area contributed by atoms with Gasteiger partial charge in [-0.05, 0) is 80.5 Å². The SMILES string of the molecule is CCC1CC(=CC=C2CCCC3(C)C2CCC3C(C)C=O)CC(CC)C1. The van der Waals surface area contributed by atoms with Gasteiger partial charge < -0.3 is 4.79 Å². The van der Waals surface area contributed by atoms with Crippen LogP contribution in [0.3, 0.4) is 0 Å². The Bertz CT molecular complexity index is 543. The number of hydrogen-bond donors (Lipinski definition) is 0. The van der Waals surface area contributed by atoms with Crippen molar-refractivity contribution in [3.8, 4) is 0 Å². The quantitative estimate of drug-likeness (QED) is 0.479. The molecule has 0 radical (unpaired) electrons. The van der Waals surface area contributed by atoms with Gasteiger partial charge >= 0.3 is 0 Å². The molecule has 0 amide bonds. The normalized spacial score (nSPS) is 40.3. The number of aldehydes is 1. The molecule has 0 bridgehead atoms. The molecule has 0 saturated heterocycles. The second kappa shape index (κ2) is 8.44. The average Bonchev–Trinajstić information content (AvgIpc) is 3.02. The number of fused-ring (bicyclic) bond motifs is 1. The predicted molar refractivity (Wildman–Crippen MR) is 111 cm³/mol. The summed E-state index contributed by atoms with van der Waals surface area (Å²) in [5, 5.41) is 0. The van der Waals surface area contributed by atoms with Crippen molar-refractivity contribution in [2.45, 2.75) is 91.9 Å². The van der Waals surface area contributed by atoms with Crippen LogP contribution in [0.25, 0.3) is 0 Å². The van der Waals surface area contributed by atoms with Gasteiger partial charge in [-0.1, -0.05) is 63.8 Å². The summed E-state index contributed by atoms with van der Waals surface area (Å²) >= 11 is 0. The van der Waals surface area contributed by atoms with Crippen LogP contribution in [-0.2, 0) is 4.79 Å². The van der Waals surface area contributed by atoms with Gasteiger partial charge in [0.05, 0.1) is 0 Å². The molecular formula is C25H40O. The van der Waals surface area contributed by atoms with E-state index in [4.69, 9.17) is 0 Å². The van der Waals surface area contributed by atoms with E-state index in [0.717, 1.165) is 11.8 Å². The van der Waals surface area contributed by atoms with Crippen LogP contribution in [0.4, 0.5) is 0 Å². The lowest BCUT2D eigenvalue weighted by molar-refractivity contribution is -0.113. The monoisotopic (exact) mass is 356 g/mol. The zero-order valence-electron chi connectivity index (χ0n) is 17.6. The van der Waals surface area contributed by atoms with Gasteiger partial charge in [0.1, 0.15) is 6.29 Å². The zero-order valence-corrected chi connectivity index (χ0v) is 17.6. The fourth-order valence-electron chi connectivity index (χ4n) is 6.68. The molecule has 0 aromatic rings. The van der Waals surface area contributed by atoms with Crippen molar-refractivity contribution in [3.05, 3.63) is 23.3 Å². The molecule has 1 nitrogen and oxygen atoms in total. The fourth-order valence-corrected chi connectivity index (χ4v) is 6.68. The highest BCUT2D eigenvalue weighted by atomic mass is 16.1. The Balaban J connectivity index is 1.77. The fraction of sp³-hybridized carbons (Fsp3) is 0.800. The third-order valence-corrected chi connectivity index (χ3v) is 8.34. The Morgan fingerprint density at radius 1 is 1.12 bits per heavy atom. The molecule has 6 atom stereocenters. The van der Waals surface area contributed by atoms with Crippen molar-refractivity contribution in [2.75, 3.05) is 0 Å². The number of carbonyl (C=O) groups excluding carboxylic acids is 1. The minimum absolute atomic E-state index is 0.219. The predicted octanol–water partition coefficient (Wildman–Crippen LogP) is 7.13. The lowest BCUT2D eigenvalue weighted by Crippen LogP contribution is -2.36. The zero-order chi connectivity index (χ0) is 18.7. The van der Waals surface area contributed by atoms with Crippen molar-refractivity contribution < 1.29 is 4.79 Å². The van der Waals surface area contributed by atoms with E-state index in [-0.39, 0.29) is 5.92 Å². The highest BCUT2D eigenvalue weighted by Gasteiger charge is 2.50. The minimum atomic E-state index is 0.219. The Morgan fingerprint density at radius 3 is 2.42 bits per heavy atom. The molecular weight excluding hydrogens is 316 g/mol. The second-order valence-corrected chi connectivity index (χ2v) is 9.85. The maximum Gasteiger partial charge on any atom is 0.123 e. The first kappa shape index (κ1) is 19.9. The van der Waals surface area contributed by atoms with Gasteiger partial charge in [0.25, 0.3) is 0 Å². The summed E-state index contributed by atoms with van der Waals surface area (Å²) in [4.78, 5) is 11.4. The molecule has 3 aliphatic rings. The molecule has 3 saturated carbocycles. The smallest absolute Gasteiger partial charge is 0.123 e. The van der Waals surface area contributed by atoms with Crippen LogP contribution in [0.5, 0.6) is 0 Å². The molecule has 0 aromatic carbocycles. The van der Waals surface area contributed by atoms with Gasteiger partial charge in [0.15, 0.2) is 0 Å². The van der Waals surface area contributed by atoms with Crippen molar-refractivity contribution in [1.29, 1.82) is 0 Å². The number of carbonyl (C=O) groups is 1. The molecule has 3 aliphatic carbocycles. The molecule has 26 heavy (non-hydrogen) atoms. The average molecular weight is 357 g/mol. The van der Waals surface area contributed by atoms with E-state index in [1.165, 1.54) is 70.5 Å².